The van der Waals surface area contributed by atoms with Crippen LogP contribution in [0, 0.1) is 5.82 Å². The number of carbonyl (C=O) groups excluding carboxylic acids is 1. The van der Waals surface area contributed by atoms with Gasteiger partial charge in [0.15, 0.2) is 0 Å². The Hall–Kier alpha value is -2.59. The maximum Gasteiger partial charge on any atom is 0.266 e. The minimum Gasteiger partial charge on any atom is -0.379 e. The normalized spacial score (nSPS) is 15.1. The van der Waals surface area contributed by atoms with E-state index in [1.807, 2.05) is 41.8 Å². The van der Waals surface area contributed by atoms with E-state index in [0.29, 0.717) is 4.88 Å². The molecule has 30 heavy (non-hydrogen) atoms. The van der Waals surface area contributed by atoms with E-state index in [9.17, 15) is 17.6 Å². The predicted molar refractivity (Wildman–Crippen MR) is 114 cm³/mol. The van der Waals surface area contributed by atoms with E-state index in [1.54, 1.807) is 0 Å². The van der Waals surface area contributed by atoms with E-state index >= 15 is 0 Å². The van der Waals surface area contributed by atoms with Crippen molar-refractivity contribution in [3.63, 3.8) is 0 Å². The molecule has 1 fully saturated rings. The Bertz CT molecular complexity index is 1160. The van der Waals surface area contributed by atoms with Crippen LogP contribution >= 0.6 is 11.3 Å². The molecule has 1 amide bonds. The average Bonchev–Trinajstić information content (AvgIpc) is 3.26. The van der Waals surface area contributed by atoms with Gasteiger partial charge in [-0.25, -0.2) is 12.8 Å². The number of thiophene rings is 1. The first-order valence-corrected chi connectivity index (χ1v) is 11.6. The number of ether oxygens (including phenoxy) is 1. The molecule has 156 valence electrons. The average molecular weight is 447 g/mol. The summed E-state index contributed by atoms with van der Waals surface area (Å²) in [5.41, 5.74) is 1.89. The number of amides is 1. The van der Waals surface area contributed by atoms with Crippen molar-refractivity contribution in [3.05, 3.63) is 70.7 Å². The Morgan fingerprint density at radius 2 is 1.80 bits per heavy atom. The number of hydrogen-bond acceptors (Lipinski definition) is 5. The summed E-state index contributed by atoms with van der Waals surface area (Å²) in [7, 11) is -4.03. The third-order valence-corrected chi connectivity index (χ3v) is 7.56. The molecule has 1 aliphatic rings. The van der Waals surface area contributed by atoms with Crippen LogP contribution in [0.2, 0.25) is 0 Å². The molecule has 3 aromatic rings. The number of halogens is 1. The van der Waals surface area contributed by atoms with Crippen LogP contribution in [0.15, 0.2) is 64.9 Å². The lowest BCUT2D eigenvalue weighted by molar-refractivity contribution is 0.0729. The zero-order chi connectivity index (χ0) is 21.1. The highest BCUT2D eigenvalue weighted by atomic mass is 32.2. The van der Waals surface area contributed by atoms with Crippen LogP contribution in [0.3, 0.4) is 0 Å². The molecule has 1 saturated heterocycles. The van der Waals surface area contributed by atoms with Gasteiger partial charge in [0, 0.05) is 24.3 Å². The number of benzene rings is 2. The molecule has 0 bridgehead atoms. The monoisotopic (exact) mass is 446 g/mol. The topological polar surface area (TPSA) is 75.7 Å². The Labute approximate surface area is 178 Å². The van der Waals surface area contributed by atoms with Gasteiger partial charge < -0.3 is 10.1 Å². The number of nitrogens with zero attached hydrogens (tertiary/aromatic N) is 1. The fourth-order valence-electron chi connectivity index (χ4n) is 3.22. The highest BCUT2D eigenvalue weighted by Crippen LogP contribution is 2.30. The van der Waals surface area contributed by atoms with E-state index in [0.717, 1.165) is 23.3 Å². The summed E-state index contributed by atoms with van der Waals surface area (Å²) in [4.78, 5) is 12.9. The zero-order valence-corrected chi connectivity index (χ0v) is 17.5. The van der Waals surface area contributed by atoms with Crippen LogP contribution in [0.1, 0.15) is 9.67 Å². The molecule has 1 aliphatic heterocycles. The SMILES string of the molecule is O=C(Nc1ccc(F)c(S(=O)(=O)N2CCOCC2)c1)c1sccc1-c1ccccc1. The van der Waals surface area contributed by atoms with Gasteiger partial charge in [-0.15, -0.1) is 11.3 Å². The maximum atomic E-state index is 14.4. The third kappa shape index (κ3) is 4.15. The molecule has 0 unspecified atom stereocenters. The molecule has 2 aromatic carbocycles. The van der Waals surface area contributed by atoms with Crippen molar-refractivity contribution in [1.29, 1.82) is 0 Å². The first kappa shape index (κ1) is 20.7. The second-order valence-corrected chi connectivity index (χ2v) is 9.47. The molecule has 0 radical (unpaired) electrons. The summed E-state index contributed by atoms with van der Waals surface area (Å²) in [5, 5.41) is 4.51. The van der Waals surface area contributed by atoms with Gasteiger partial charge in [-0.2, -0.15) is 4.31 Å². The molecule has 0 aliphatic carbocycles. The number of carbonyl (C=O) groups is 1. The van der Waals surface area contributed by atoms with Crippen molar-refractivity contribution in [2.24, 2.45) is 0 Å². The smallest absolute Gasteiger partial charge is 0.266 e. The van der Waals surface area contributed by atoms with Crippen LogP contribution in [0.5, 0.6) is 0 Å². The van der Waals surface area contributed by atoms with Gasteiger partial charge in [0.05, 0.1) is 18.1 Å². The van der Waals surface area contributed by atoms with Gasteiger partial charge in [-0.1, -0.05) is 30.3 Å². The number of sulfonamides is 1. The quantitative estimate of drug-likeness (QED) is 0.646. The second-order valence-electron chi connectivity index (χ2n) is 6.65. The Kier molecular flexibility index (Phi) is 5.96. The molecule has 0 saturated carbocycles. The molecule has 2 heterocycles. The molecule has 6 nitrogen and oxygen atoms in total. The van der Waals surface area contributed by atoms with Crippen LogP contribution in [-0.2, 0) is 14.8 Å². The molecule has 1 aromatic heterocycles. The van der Waals surface area contributed by atoms with Gasteiger partial charge in [0.1, 0.15) is 10.7 Å². The van der Waals surface area contributed by atoms with Crippen molar-refractivity contribution < 1.29 is 22.3 Å². The summed E-state index contributed by atoms with van der Waals surface area (Å²) in [6, 6.07) is 14.9. The molecule has 0 atom stereocenters. The second kappa shape index (κ2) is 8.65. The highest BCUT2D eigenvalue weighted by molar-refractivity contribution is 7.89. The van der Waals surface area contributed by atoms with E-state index in [1.165, 1.54) is 21.7 Å². The summed E-state index contributed by atoms with van der Waals surface area (Å²) in [6.07, 6.45) is 0. The van der Waals surface area contributed by atoms with Crippen LogP contribution < -0.4 is 5.32 Å². The van der Waals surface area contributed by atoms with Crippen molar-refractivity contribution in [2.45, 2.75) is 4.90 Å². The summed E-state index contributed by atoms with van der Waals surface area (Å²) >= 11 is 1.28. The van der Waals surface area contributed by atoms with Crippen LogP contribution in [0.4, 0.5) is 10.1 Å². The lowest BCUT2D eigenvalue weighted by Crippen LogP contribution is -2.40. The van der Waals surface area contributed by atoms with Gasteiger partial charge in [-0.3, -0.25) is 4.79 Å². The third-order valence-electron chi connectivity index (χ3n) is 4.73. The van der Waals surface area contributed by atoms with Crippen LogP contribution in [-0.4, -0.2) is 44.9 Å². The maximum absolute atomic E-state index is 14.4. The first-order valence-electron chi connectivity index (χ1n) is 9.28. The van der Waals surface area contributed by atoms with Crippen molar-refractivity contribution >= 4 is 33.0 Å². The van der Waals surface area contributed by atoms with Gasteiger partial charge in [0.2, 0.25) is 10.0 Å². The van der Waals surface area contributed by atoms with E-state index in [4.69, 9.17) is 4.74 Å². The first-order chi connectivity index (χ1) is 14.5. The van der Waals surface area contributed by atoms with Crippen molar-refractivity contribution in [2.75, 3.05) is 31.6 Å². The molecule has 1 N–H and O–H groups in total. The largest absolute Gasteiger partial charge is 0.379 e. The molecule has 4 rings (SSSR count). The molecular weight excluding hydrogens is 427 g/mol. The Morgan fingerprint density at radius 1 is 1.07 bits per heavy atom. The summed E-state index contributed by atoms with van der Waals surface area (Å²) < 4.78 is 46.4. The summed E-state index contributed by atoms with van der Waals surface area (Å²) in [6.45, 7) is 0.845. The lowest BCUT2D eigenvalue weighted by Gasteiger charge is -2.26. The fourth-order valence-corrected chi connectivity index (χ4v) is 5.53. The number of hydrogen-bond donors (Lipinski definition) is 1. The summed E-state index contributed by atoms with van der Waals surface area (Å²) in [5.74, 6) is -1.24. The van der Waals surface area contributed by atoms with Crippen LogP contribution in [0.25, 0.3) is 11.1 Å². The minimum atomic E-state index is -4.03. The van der Waals surface area contributed by atoms with E-state index < -0.39 is 20.7 Å². The van der Waals surface area contributed by atoms with Crippen molar-refractivity contribution in [1.82, 2.24) is 4.31 Å². The van der Waals surface area contributed by atoms with Gasteiger partial charge >= 0.3 is 0 Å². The number of anilines is 1. The minimum absolute atomic E-state index is 0.161. The molecule has 0 spiro atoms. The Morgan fingerprint density at radius 3 is 2.53 bits per heavy atom. The van der Waals surface area contributed by atoms with Gasteiger partial charge in [0.25, 0.3) is 5.91 Å². The molecular formula is C21H19FN2O4S2. The Balaban J connectivity index is 1.60. The standard InChI is InChI=1S/C21H19FN2O4S2/c22-18-7-6-16(14-19(18)30(26,27)24-9-11-28-12-10-24)23-21(25)20-17(8-13-29-20)15-4-2-1-3-5-15/h1-8,13-14H,9-12H2,(H,23,25). The van der Waals surface area contributed by atoms with Crippen molar-refractivity contribution in [3.8, 4) is 11.1 Å². The predicted octanol–water partition coefficient (Wildman–Crippen LogP) is 3.83. The fraction of sp³-hybridized carbons (Fsp3) is 0.190. The van der Waals surface area contributed by atoms with E-state index in [-0.39, 0.29) is 37.9 Å². The number of rotatable bonds is 5. The lowest BCUT2D eigenvalue weighted by atomic mass is 10.1. The number of morpholine rings is 1. The highest BCUT2D eigenvalue weighted by Gasteiger charge is 2.29. The number of nitrogens with one attached hydrogen (secondary N) is 1. The van der Waals surface area contributed by atoms with E-state index in [2.05, 4.69) is 5.32 Å². The zero-order valence-electron chi connectivity index (χ0n) is 15.9. The van der Waals surface area contributed by atoms with Gasteiger partial charge in [-0.05, 0) is 35.2 Å². The molecule has 9 heteroatoms.